The number of amides is 2. The first kappa shape index (κ1) is 19.7. The topological polar surface area (TPSA) is 90.1 Å². The Kier molecular flexibility index (Phi) is 5.21. The van der Waals surface area contributed by atoms with E-state index in [4.69, 9.17) is 11.6 Å². The first-order valence-electron chi connectivity index (χ1n) is 9.21. The van der Waals surface area contributed by atoms with Gasteiger partial charge in [-0.3, -0.25) is 9.59 Å². The van der Waals surface area contributed by atoms with Crippen molar-refractivity contribution < 1.29 is 9.59 Å². The van der Waals surface area contributed by atoms with Crippen LogP contribution in [0.3, 0.4) is 0 Å². The van der Waals surface area contributed by atoms with Gasteiger partial charge in [0, 0.05) is 54.4 Å². The standard InChI is InChI=1S/C20H18ClN5O2.ClH/c21-14-3-2-12(17-13(14)10-23-19(17)27)18-24-15-4-1-11(9-16(15)25-18)20(28)26-7-5-22-6-8-26;/h1-4,9,22H,5-8,10H2,(H,23,27)(H,24,25);1H. The van der Waals surface area contributed by atoms with Gasteiger partial charge in [-0.1, -0.05) is 11.6 Å². The molecule has 7 nitrogen and oxygen atoms in total. The van der Waals surface area contributed by atoms with Crippen LogP contribution < -0.4 is 10.6 Å². The molecule has 0 saturated carbocycles. The highest BCUT2D eigenvalue weighted by Gasteiger charge is 2.27. The van der Waals surface area contributed by atoms with Gasteiger partial charge in [0.05, 0.1) is 16.6 Å². The normalized spacial score (nSPS) is 15.8. The van der Waals surface area contributed by atoms with Crippen LogP contribution in [0.4, 0.5) is 0 Å². The Morgan fingerprint density at radius 2 is 1.93 bits per heavy atom. The fourth-order valence-electron chi connectivity index (χ4n) is 3.83. The minimum atomic E-state index is -0.150. The first-order chi connectivity index (χ1) is 13.6. The van der Waals surface area contributed by atoms with Gasteiger partial charge in [-0.15, -0.1) is 12.4 Å². The van der Waals surface area contributed by atoms with E-state index in [1.165, 1.54) is 0 Å². The zero-order valence-corrected chi connectivity index (χ0v) is 17.0. The summed E-state index contributed by atoms with van der Waals surface area (Å²) in [5.74, 6) is 0.459. The van der Waals surface area contributed by atoms with Crippen molar-refractivity contribution in [3.63, 3.8) is 0 Å². The lowest BCUT2D eigenvalue weighted by atomic mass is 10.0. The third kappa shape index (κ3) is 3.35. The molecule has 3 N–H and O–H groups in total. The Morgan fingerprint density at radius 1 is 1.14 bits per heavy atom. The number of hydrogen-bond acceptors (Lipinski definition) is 4. The number of halogens is 2. The van der Waals surface area contributed by atoms with Crippen LogP contribution in [-0.2, 0) is 6.54 Å². The second kappa shape index (κ2) is 7.67. The highest BCUT2D eigenvalue weighted by molar-refractivity contribution is 6.32. The molecule has 29 heavy (non-hydrogen) atoms. The largest absolute Gasteiger partial charge is 0.348 e. The Labute approximate surface area is 178 Å². The summed E-state index contributed by atoms with van der Waals surface area (Å²) in [6.45, 7) is 3.45. The van der Waals surface area contributed by atoms with E-state index in [9.17, 15) is 9.59 Å². The molecule has 0 spiro atoms. The summed E-state index contributed by atoms with van der Waals surface area (Å²) in [5, 5.41) is 6.62. The average Bonchev–Trinajstić information content (AvgIpc) is 3.32. The number of nitrogens with one attached hydrogen (secondary N) is 3. The van der Waals surface area contributed by atoms with Crippen molar-refractivity contribution in [2.75, 3.05) is 26.2 Å². The van der Waals surface area contributed by atoms with Crippen LogP contribution in [0.2, 0.25) is 5.02 Å². The number of carbonyl (C=O) groups excluding carboxylic acids is 2. The highest BCUT2D eigenvalue weighted by atomic mass is 35.5. The van der Waals surface area contributed by atoms with Crippen LogP contribution in [-0.4, -0.2) is 52.9 Å². The van der Waals surface area contributed by atoms with Crippen LogP contribution in [0.15, 0.2) is 30.3 Å². The third-order valence-corrected chi connectivity index (χ3v) is 5.65. The number of rotatable bonds is 2. The maximum atomic E-state index is 12.8. The van der Waals surface area contributed by atoms with Gasteiger partial charge in [-0.05, 0) is 30.3 Å². The van der Waals surface area contributed by atoms with Gasteiger partial charge >= 0.3 is 0 Å². The molecule has 150 valence electrons. The molecule has 0 unspecified atom stereocenters. The van der Waals surface area contributed by atoms with E-state index in [1.807, 2.05) is 17.0 Å². The van der Waals surface area contributed by atoms with Crippen molar-refractivity contribution in [1.29, 1.82) is 0 Å². The Morgan fingerprint density at radius 3 is 2.72 bits per heavy atom. The molecule has 0 atom stereocenters. The molecule has 3 heterocycles. The third-order valence-electron chi connectivity index (χ3n) is 5.30. The van der Waals surface area contributed by atoms with Crippen molar-refractivity contribution in [1.82, 2.24) is 25.5 Å². The predicted octanol–water partition coefficient (Wildman–Crippen LogP) is 2.59. The van der Waals surface area contributed by atoms with Gasteiger partial charge in [-0.2, -0.15) is 0 Å². The van der Waals surface area contributed by atoms with Gasteiger partial charge in [-0.25, -0.2) is 4.98 Å². The molecular weight excluding hydrogens is 413 g/mol. The molecule has 2 aromatic carbocycles. The molecule has 5 rings (SSSR count). The number of carbonyl (C=O) groups is 2. The van der Waals surface area contributed by atoms with Crippen LogP contribution in [0.1, 0.15) is 26.3 Å². The van der Waals surface area contributed by atoms with Gasteiger partial charge in [0.15, 0.2) is 0 Å². The molecule has 0 aliphatic carbocycles. The van der Waals surface area contributed by atoms with E-state index in [1.54, 1.807) is 18.2 Å². The van der Waals surface area contributed by atoms with E-state index < -0.39 is 0 Å². The smallest absolute Gasteiger partial charge is 0.254 e. The molecule has 2 amide bonds. The van der Waals surface area contributed by atoms with E-state index >= 15 is 0 Å². The summed E-state index contributed by atoms with van der Waals surface area (Å²) in [4.78, 5) is 34.8. The predicted molar refractivity (Wildman–Crippen MR) is 114 cm³/mol. The number of aromatic amines is 1. The number of aromatic nitrogens is 2. The summed E-state index contributed by atoms with van der Waals surface area (Å²) < 4.78 is 0. The Balaban J connectivity index is 0.00000205. The van der Waals surface area contributed by atoms with Gasteiger partial charge in [0.25, 0.3) is 11.8 Å². The van der Waals surface area contributed by atoms with Crippen molar-refractivity contribution in [3.8, 4) is 11.4 Å². The maximum Gasteiger partial charge on any atom is 0.254 e. The number of imidazole rings is 1. The van der Waals surface area contributed by atoms with Crippen molar-refractivity contribution in [3.05, 3.63) is 52.0 Å². The lowest BCUT2D eigenvalue weighted by molar-refractivity contribution is 0.0735. The number of piperazine rings is 1. The van der Waals surface area contributed by atoms with Crippen molar-refractivity contribution in [2.24, 2.45) is 0 Å². The number of nitrogens with zero attached hydrogens (tertiary/aromatic N) is 2. The molecule has 1 fully saturated rings. The summed E-state index contributed by atoms with van der Waals surface area (Å²) >= 11 is 6.23. The van der Waals surface area contributed by atoms with E-state index in [0.29, 0.717) is 47.2 Å². The molecule has 9 heteroatoms. The van der Waals surface area contributed by atoms with Gasteiger partial charge in [0.2, 0.25) is 0 Å². The lowest BCUT2D eigenvalue weighted by Gasteiger charge is -2.27. The number of benzene rings is 2. The summed E-state index contributed by atoms with van der Waals surface area (Å²) in [5.41, 5.74) is 4.19. The maximum absolute atomic E-state index is 12.8. The van der Waals surface area contributed by atoms with E-state index in [2.05, 4.69) is 20.6 Å². The van der Waals surface area contributed by atoms with Gasteiger partial charge < -0.3 is 20.5 Å². The molecule has 3 aromatic rings. The summed E-state index contributed by atoms with van der Waals surface area (Å²) in [6, 6.07) is 9.04. The SMILES string of the molecule is Cl.O=C1NCc2c(Cl)ccc(-c3nc4ccc(C(=O)N5CCNCC5)cc4[nH]3)c21. The van der Waals surface area contributed by atoms with Crippen LogP contribution in [0, 0.1) is 0 Å². The second-order valence-corrected chi connectivity index (χ2v) is 7.40. The molecule has 1 aromatic heterocycles. The molecular formula is C20H19Cl2N5O2. The Hall–Kier alpha value is -2.61. The van der Waals surface area contributed by atoms with Crippen LogP contribution in [0.5, 0.6) is 0 Å². The van der Waals surface area contributed by atoms with E-state index in [-0.39, 0.29) is 24.2 Å². The minimum Gasteiger partial charge on any atom is -0.348 e. The number of fused-ring (bicyclic) bond motifs is 2. The molecule has 2 aliphatic heterocycles. The fraction of sp³-hybridized carbons (Fsp3) is 0.250. The van der Waals surface area contributed by atoms with E-state index in [0.717, 1.165) is 29.7 Å². The van der Waals surface area contributed by atoms with Crippen LogP contribution >= 0.6 is 24.0 Å². The molecule has 2 aliphatic rings. The molecule has 0 radical (unpaired) electrons. The summed E-state index contributed by atoms with van der Waals surface area (Å²) in [7, 11) is 0. The van der Waals surface area contributed by atoms with Crippen LogP contribution in [0.25, 0.3) is 22.4 Å². The first-order valence-corrected chi connectivity index (χ1v) is 9.59. The van der Waals surface area contributed by atoms with Gasteiger partial charge in [0.1, 0.15) is 5.82 Å². The monoisotopic (exact) mass is 431 g/mol. The number of hydrogen-bond donors (Lipinski definition) is 3. The zero-order valence-electron chi connectivity index (χ0n) is 15.4. The highest BCUT2D eigenvalue weighted by Crippen LogP contribution is 2.33. The molecule has 0 bridgehead atoms. The van der Waals surface area contributed by atoms with Crippen molar-refractivity contribution in [2.45, 2.75) is 6.54 Å². The van der Waals surface area contributed by atoms with Crippen molar-refractivity contribution >= 4 is 46.9 Å². The molecule has 1 saturated heterocycles. The lowest BCUT2D eigenvalue weighted by Crippen LogP contribution is -2.46. The number of H-pyrrole nitrogens is 1. The quantitative estimate of drug-likeness (QED) is 0.581. The average molecular weight is 432 g/mol. The minimum absolute atomic E-state index is 0. The fourth-order valence-corrected chi connectivity index (χ4v) is 4.05. The zero-order chi connectivity index (χ0) is 19.3. The summed E-state index contributed by atoms with van der Waals surface area (Å²) in [6.07, 6.45) is 0. The second-order valence-electron chi connectivity index (χ2n) is 6.99. The Bertz CT molecular complexity index is 1120.